The Kier molecular flexibility index (Phi) is 4.07. The molecule has 1 fully saturated rings. The van der Waals surface area contributed by atoms with E-state index in [4.69, 9.17) is 9.15 Å². The highest BCUT2D eigenvalue weighted by Gasteiger charge is 2.18. The molecule has 1 amide bonds. The lowest BCUT2D eigenvalue weighted by molar-refractivity contribution is 0.0855. The number of carbonyl (C=O) groups excluding carboxylic acids is 1. The predicted octanol–water partition coefficient (Wildman–Crippen LogP) is 2.46. The second kappa shape index (κ2) is 5.99. The van der Waals surface area contributed by atoms with Gasteiger partial charge < -0.3 is 14.5 Å². The quantitative estimate of drug-likeness (QED) is 0.862. The number of hydrogen-bond donors (Lipinski definition) is 1. The van der Waals surface area contributed by atoms with Gasteiger partial charge in [0.05, 0.1) is 6.10 Å². The number of carbonyl (C=O) groups is 1. The van der Waals surface area contributed by atoms with Crippen LogP contribution in [-0.4, -0.2) is 25.2 Å². The van der Waals surface area contributed by atoms with E-state index >= 15 is 0 Å². The van der Waals surface area contributed by atoms with Crippen molar-refractivity contribution in [3.05, 3.63) is 44.7 Å². The van der Waals surface area contributed by atoms with Crippen molar-refractivity contribution in [2.75, 3.05) is 13.2 Å². The van der Waals surface area contributed by atoms with Crippen molar-refractivity contribution in [1.82, 2.24) is 5.32 Å². The molecule has 1 N–H and O–H groups in total. The van der Waals surface area contributed by atoms with E-state index in [1.165, 1.54) is 0 Å². The average Bonchev–Trinajstić information content (AvgIpc) is 2.98. The van der Waals surface area contributed by atoms with Crippen molar-refractivity contribution in [1.29, 1.82) is 0 Å². The number of amides is 1. The first-order valence-electron chi connectivity index (χ1n) is 6.77. The van der Waals surface area contributed by atoms with Crippen molar-refractivity contribution in [2.45, 2.75) is 18.9 Å². The van der Waals surface area contributed by atoms with Crippen LogP contribution >= 0.6 is 15.9 Å². The van der Waals surface area contributed by atoms with Crippen molar-refractivity contribution in [3.8, 4) is 0 Å². The average molecular weight is 352 g/mol. The van der Waals surface area contributed by atoms with Gasteiger partial charge in [-0.05, 0) is 37.1 Å². The lowest BCUT2D eigenvalue weighted by Gasteiger charge is -2.10. The maximum atomic E-state index is 12.1. The minimum absolute atomic E-state index is 0.0126. The van der Waals surface area contributed by atoms with Crippen molar-refractivity contribution in [3.63, 3.8) is 0 Å². The first-order valence-corrected chi connectivity index (χ1v) is 7.56. The van der Waals surface area contributed by atoms with Gasteiger partial charge in [0, 0.05) is 23.0 Å². The van der Waals surface area contributed by atoms with Gasteiger partial charge in [-0.1, -0.05) is 15.9 Å². The van der Waals surface area contributed by atoms with Crippen LogP contribution in [0, 0.1) is 0 Å². The van der Waals surface area contributed by atoms with Gasteiger partial charge in [-0.25, -0.2) is 4.79 Å². The maximum absolute atomic E-state index is 12.1. The molecule has 0 saturated carbocycles. The molecule has 1 aliphatic rings. The van der Waals surface area contributed by atoms with E-state index in [2.05, 4.69) is 21.2 Å². The number of fused-ring (bicyclic) bond motifs is 1. The van der Waals surface area contributed by atoms with Crippen LogP contribution in [0.5, 0.6) is 0 Å². The number of halogens is 1. The first-order chi connectivity index (χ1) is 10.1. The summed E-state index contributed by atoms with van der Waals surface area (Å²) in [7, 11) is 0. The highest BCUT2D eigenvalue weighted by molar-refractivity contribution is 9.10. The second-order valence-electron chi connectivity index (χ2n) is 4.97. The third-order valence-electron chi connectivity index (χ3n) is 3.45. The van der Waals surface area contributed by atoms with Crippen LogP contribution in [-0.2, 0) is 4.74 Å². The van der Waals surface area contributed by atoms with Crippen LogP contribution in [0.2, 0.25) is 0 Å². The van der Waals surface area contributed by atoms with Gasteiger partial charge in [0.2, 0.25) is 0 Å². The summed E-state index contributed by atoms with van der Waals surface area (Å²) in [5.74, 6) is -0.430. The third kappa shape index (κ3) is 3.16. The summed E-state index contributed by atoms with van der Waals surface area (Å²) in [5, 5.41) is 3.43. The number of rotatable bonds is 3. The topological polar surface area (TPSA) is 68.5 Å². The summed E-state index contributed by atoms with van der Waals surface area (Å²) in [6.45, 7) is 1.14. The lowest BCUT2D eigenvalue weighted by atomic mass is 10.1. The Hall–Kier alpha value is -1.66. The molecule has 0 radical (unpaired) electrons. The minimum atomic E-state index is -0.630. The molecule has 1 aromatic carbocycles. The van der Waals surface area contributed by atoms with Gasteiger partial charge in [0.25, 0.3) is 5.91 Å². The molecule has 0 aliphatic carbocycles. The highest BCUT2D eigenvalue weighted by atomic mass is 79.9. The SMILES string of the molecule is O=C(NC[C@H]1CCCO1)c1cc2cc(Br)ccc2oc1=O. The summed E-state index contributed by atoms with van der Waals surface area (Å²) in [5.41, 5.74) is -0.160. The van der Waals surface area contributed by atoms with Crippen LogP contribution in [0.25, 0.3) is 11.0 Å². The predicted molar refractivity (Wildman–Crippen MR) is 81.5 cm³/mol. The Morgan fingerprint density at radius 2 is 2.24 bits per heavy atom. The smallest absolute Gasteiger partial charge is 0.349 e. The maximum Gasteiger partial charge on any atom is 0.349 e. The fourth-order valence-electron chi connectivity index (χ4n) is 2.36. The molecule has 1 atom stereocenters. The summed E-state index contributed by atoms with van der Waals surface area (Å²) in [6, 6.07) is 6.82. The van der Waals surface area contributed by atoms with Gasteiger partial charge in [-0.15, -0.1) is 0 Å². The van der Waals surface area contributed by atoms with Crippen LogP contribution in [0.4, 0.5) is 0 Å². The van der Waals surface area contributed by atoms with E-state index < -0.39 is 11.5 Å². The van der Waals surface area contributed by atoms with Gasteiger partial charge in [0.1, 0.15) is 11.1 Å². The van der Waals surface area contributed by atoms with Gasteiger partial charge in [-0.2, -0.15) is 0 Å². The van der Waals surface area contributed by atoms with E-state index in [1.54, 1.807) is 24.3 Å². The largest absolute Gasteiger partial charge is 0.422 e. The molecule has 2 heterocycles. The van der Waals surface area contributed by atoms with Crippen LogP contribution in [0.3, 0.4) is 0 Å². The van der Waals surface area contributed by atoms with Gasteiger partial charge in [0.15, 0.2) is 0 Å². The van der Waals surface area contributed by atoms with E-state index in [1.807, 2.05) is 0 Å². The number of ether oxygens (including phenoxy) is 1. The van der Waals surface area contributed by atoms with Crippen LogP contribution in [0.15, 0.2) is 37.9 Å². The number of hydrogen-bond acceptors (Lipinski definition) is 4. The molecule has 0 unspecified atom stereocenters. The summed E-state index contributed by atoms with van der Waals surface area (Å²) in [6.07, 6.45) is 1.97. The van der Waals surface area contributed by atoms with Gasteiger partial charge in [-0.3, -0.25) is 4.79 Å². The minimum Gasteiger partial charge on any atom is -0.422 e. The first kappa shape index (κ1) is 14.3. The van der Waals surface area contributed by atoms with Crippen molar-refractivity contribution >= 4 is 32.8 Å². The zero-order valence-corrected chi connectivity index (χ0v) is 12.8. The Morgan fingerprint density at radius 1 is 1.38 bits per heavy atom. The Bertz CT molecular complexity index is 734. The fraction of sp³-hybridized carbons (Fsp3) is 0.333. The molecule has 110 valence electrons. The van der Waals surface area contributed by atoms with E-state index in [0.29, 0.717) is 17.5 Å². The third-order valence-corrected chi connectivity index (χ3v) is 3.95. The zero-order chi connectivity index (χ0) is 14.8. The normalized spacial score (nSPS) is 18.0. The van der Waals surface area contributed by atoms with Crippen LogP contribution in [0.1, 0.15) is 23.2 Å². The summed E-state index contributed by atoms with van der Waals surface area (Å²) in [4.78, 5) is 24.0. The van der Waals surface area contributed by atoms with Gasteiger partial charge >= 0.3 is 5.63 Å². The van der Waals surface area contributed by atoms with E-state index in [0.717, 1.165) is 23.9 Å². The standard InChI is InChI=1S/C15H14BrNO4/c16-10-3-4-13-9(6-10)7-12(15(19)21-13)14(18)17-8-11-2-1-5-20-11/h3-4,6-7,11H,1-2,5,8H2,(H,17,18)/t11-/m1/s1. The van der Waals surface area contributed by atoms with E-state index in [-0.39, 0.29) is 11.7 Å². The molecule has 1 aliphatic heterocycles. The molecule has 1 aromatic heterocycles. The molecular formula is C15H14BrNO4. The Labute approximate surface area is 129 Å². The number of benzene rings is 1. The molecule has 2 aromatic rings. The zero-order valence-electron chi connectivity index (χ0n) is 11.2. The van der Waals surface area contributed by atoms with Crippen molar-refractivity contribution in [2.24, 2.45) is 0 Å². The Morgan fingerprint density at radius 3 is 3.00 bits per heavy atom. The molecule has 3 rings (SSSR count). The molecule has 0 bridgehead atoms. The molecule has 21 heavy (non-hydrogen) atoms. The molecule has 6 heteroatoms. The number of nitrogens with one attached hydrogen (secondary N) is 1. The Balaban J connectivity index is 1.83. The molecular weight excluding hydrogens is 338 g/mol. The summed E-state index contributed by atoms with van der Waals surface area (Å²) < 4.78 is 11.5. The molecule has 5 nitrogen and oxygen atoms in total. The molecule has 1 saturated heterocycles. The van der Waals surface area contributed by atoms with Crippen LogP contribution < -0.4 is 10.9 Å². The lowest BCUT2D eigenvalue weighted by Crippen LogP contribution is -2.34. The summed E-state index contributed by atoms with van der Waals surface area (Å²) >= 11 is 3.35. The highest BCUT2D eigenvalue weighted by Crippen LogP contribution is 2.19. The van der Waals surface area contributed by atoms with E-state index in [9.17, 15) is 9.59 Å². The fourth-order valence-corrected chi connectivity index (χ4v) is 2.74. The second-order valence-corrected chi connectivity index (χ2v) is 5.89. The molecule has 0 spiro atoms. The monoisotopic (exact) mass is 351 g/mol. The van der Waals surface area contributed by atoms with Crippen molar-refractivity contribution < 1.29 is 13.9 Å².